The van der Waals surface area contributed by atoms with Crippen LogP contribution in [0.5, 0.6) is 0 Å². The SMILES string of the molecule is CCNC(=NCc1sccc1C)NCCC1=CCOCC1. The van der Waals surface area contributed by atoms with Crippen LogP contribution >= 0.6 is 11.3 Å². The Bertz CT molecular complexity index is 493. The zero-order valence-corrected chi connectivity index (χ0v) is 13.8. The average Bonchev–Trinajstić information content (AvgIpc) is 2.91. The summed E-state index contributed by atoms with van der Waals surface area (Å²) in [5, 5.41) is 8.84. The van der Waals surface area contributed by atoms with Crippen LogP contribution in [0.25, 0.3) is 0 Å². The molecule has 0 fully saturated rings. The van der Waals surface area contributed by atoms with Gasteiger partial charge >= 0.3 is 0 Å². The highest BCUT2D eigenvalue weighted by atomic mass is 32.1. The van der Waals surface area contributed by atoms with Gasteiger partial charge in [0.15, 0.2) is 5.96 Å². The molecular weight excluding hydrogens is 282 g/mol. The van der Waals surface area contributed by atoms with Crippen LogP contribution in [0.15, 0.2) is 28.1 Å². The van der Waals surface area contributed by atoms with Crippen molar-refractivity contribution in [3.63, 3.8) is 0 Å². The number of nitrogens with one attached hydrogen (secondary N) is 2. The molecule has 0 unspecified atom stereocenters. The van der Waals surface area contributed by atoms with Gasteiger partial charge < -0.3 is 15.4 Å². The van der Waals surface area contributed by atoms with Crippen molar-refractivity contribution in [2.24, 2.45) is 4.99 Å². The van der Waals surface area contributed by atoms with E-state index in [-0.39, 0.29) is 0 Å². The second-order valence-electron chi connectivity index (χ2n) is 5.09. The molecule has 0 saturated heterocycles. The summed E-state index contributed by atoms with van der Waals surface area (Å²) in [7, 11) is 0. The molecule has 0 radical (unpaired) electrons. The van der Waals surface area contributed by atoms with Crippen LogP contribution in [-0.2, 0) is 11.3 Å². The first-order chi connectivity index (χ1) is 10.3. The second-order valence-corrected chi connectivity index (χ2v) is 6.09. The molecule has 0 aromatic carbocycles. The summed E-state index contributed by atoms with van der Waals surface area (Å²) in [5.74, 6) is 0.901. The molecule has 5 heteroatoms. The number of guanidine groups is 1. The summed E-state index contributed by atoms with van der Waals surface area (Å²) < 4.78 is 5.33. The van der Waals surface area contributed by atoms with Gasteiger partial charge in [-0.05, 0) is 43.7 Å². The normalized spacial score (nSPS) is 15.7. The number of thiophene rings is 1. The van der Waals surface area contributed by atoms with Crippen LogP contribution in [0, 0.1) is 6.92 Å². The Balaban J connectivity index is 1.80. The van der Waals surface area contributed by atoms with Crippen molar-refractivity contribution in [1.82, 2.24) is 10.6 Å². The van der Waals surface area contributed by atoms with E-state index in [9.17, 15) is 0 Å². The highest BCUT2D eigenvalue weighted by molar-refractivity contribution is 7.10. The molecule has 1 aromatic rings. The van der Waals surface area contributed by atoms with E-state index in [1.165, 1.54) is 16.0 Å². The molecule has 1 aliphatic heterocycles. The maximum Gasteiger partial charge on any atom is 0.191 e. The standard InChI is InChI=1S/C16H25N3OS/c1-3-17-16(19-12-15-13(2)7-11-21-15)18-8-4-14-5-9-20-10-6-14/h5,7,11H,3-4,6,8-10,12H2,1-2H3,(H2,17,18,19). The summed E-state index contributed by atoms with van der Waals surface area (Å²) in [6.45, 7) is 8.40. The maximum atomic E-state index is 5.33. The summed E-state index contributed by atoms with van der Waals surface area (Å²) in [6, 6.07) is 2.15. The van der Waals surface area contributed by atoms with Gasteiger partial charge in [0.05, 0.1) is 19.8 Å². The number of nitrogens with zero attached hydrogens (tertiary/aromatic N) is 1. The van der Waals surface area contributed by atoms with Crippen molar-refractivity contribution < 1.29 is 4.74 Å². The third kappa shape index (κ3) is 5.52. The smallest absolute Gasteiger partial charge is 0.191 e. The highest BCUT2D eigenvalue weighted by Crippen LogP contribution is 2.16. The molecular formula is C16H25N3OS. The van der Waals surface area contributed by atoms with Gasteiger partial charge in [0.1, 0.15) is 0 Å². The van der Waals surface area contributed by atoms with Crippen LogP contribution in [0.4, 0.5) is 0 Å². The van der Waals surface area contributed by atoms with Gasteiger partial charge in [0.2, 0.25) is 0 Å². The van der Waals surface area contributed by atoms with E-state index < -0.39 is 0 Å². The third-order valence-corrected chi connectivity index (χ3v) is 4.50. The van der Waals surface area contributed by atoms with Crippen LogP contribution in [0.3, 0.4) is 0 Å². The lowest BCUT2D eigenvalue weighted by atomic mass is 10.1. The Morgan fingerprint density at radius 2 is 2.33 bits per heavy atom. The van der Waals surface area contributed by atoms with Gasteiger partial charge in [-0.2, -0.15) is 0 Å². The van der Waals surface area contributed by atoms with Gasteiger partial charge in [-0.25, -0.2) is 4.99 Å². The van der Waals surface area contributed by atoms with Crippen LogP contribution in [-0.4, -0.2) is 32.3 Å². The fourth-order valence-electron chi connectivity index (χ4n) is 2.19. The molecule has 2 rings (SSSR count). The molecule has 1 aliphatic rings. The number of hydrogen-bond acceptors (Lipinski definition) is 3. The van der Waals surface area contributed by atoms with Crippen molar-refractivity contribution in [2.75, 3.05) is 26.3 Å². The lowest BCUT2D eigenvalue weighted by Crippen LogP contribution is -2.37. The third-order valence-electron chi connectivity index (χ3n) is 3.49. The second kappa shape index (κ2) is 8.85. The van der Waals surface area contributed by atoms with E-state index in [4.69, 9.17) is 4.74 Å². The molecule has 0 aliphatic carbocycles. The largest absolute Gasteiger partial charge is 0.377 e. The number of aliphatic imine (C=N–C) groups is 1. The number of ether oxygens (including phenoxy) is 1. The monoisotopic (exact) mass is 307 g/mol. The van der Waals surface area contributed by atoms with Crippen molar-refractivity contribution >= 4 is 17.3 Å². The van der Waals surface area contributed by atoms with Crippen LogP contribution < -0.4 is 10.6 Å². The highest BCUT2D eigenvalue weighted by Gasteiger charge is 2.04. The molecule has 0 spiro atoms. The molecule has 1 aromatic heterocycles. The molecule has 0 bridgehead atoms. The minimum absolute atomic E-state index is 0.745. The van der Waals surface area contributed by atoms with Crippen LogP contribution in [0.2, 0.25) is 0 Å². The zero-order chi connectivity index (χ0) is 14.9. The summed E-state index contributed by atoms with van der Waals surface area (Å²) in [4.78, 5) is 5.99. The van der Waals surface area contributed by atoms with Gasteiger partial charge in [-0.1, -0.05) is 11.6 Å². The van der Waals surface area contributed by atoms with Crippen LogP contribution in [0.1, 0.15) is 30.2 Å². The Morgan fingerprint density at radius 1 is 1.43 bits per heavy atom. The van der Waals surface area contributed by atoms with Gasteiger partial charge in [0.25, 0.3) is 0 Å². The van der Waals surface area contributed by atoms with Crippen molar-refractivity contribution in [3.8, 4) is 0 Å². The first-order valence-electron chi connectivity index (χ1n) is 7.60. The molecule has 2 heterocycles. The Labute approximate surface area is 131 Å². The first-order valence-corrected chi connectivity index (χ1v) is 8.48. The van der Waals surface area contributed by atoms with E-state index >= 15 is 0 Å². The molecule has 21 heavy (non-hydrogen) atoms. The zero-order valence-electron chi connectivity index (χ0n) is 12.9. The summed E-state index contributed by atoms with van der Waals surface area (Å²) in [5.41, 5.74) is 2.81. The van der Waals surface area contributed by atoms with Gasteiger partial charge in [0, 0.05) is 18.0 Å². The average molecular weight is 307 g/mol. The van der Waals surface area contributed by atoms with E-state index in [1.54, 1.807) is 11.3 Å². The summed E-state index contributed by atoms with van der Waals surface area (Å²) in [6.07, 6.45) is 4.32. The van der Waals surface area contributed by atoms with Crippen molar-refractivity contribution in [3.05, 3.63) is 33.5 Å². The van der Waals surface area contributed by atoms with Gasteiger partial charge in [-0.15, -0.1) is 11.3 Å². The molecule has 0 atom stereocenters. The van der Waals surface area contributed by atoms with Gasteiger partial charge in [-0.3, -0.25) is 0 Å². The molecule has 0 amide bonds. The quantitative estimate of drug-likeness (QED) is 0.482. The molecule has 0 saturated carbocycles. The molecule has 116 valence electrons. The van der Waals surface area contributed by atoms with E-state index in [0.29, 0.717) is 0 Å². The lowest BCUT2D eigenvalue weighted by molar-refractivity contribution is 0.153. The predicted molar refractivity (Wildman–Crippen MR) is 90.0 cm³/mol. The lowest BCUT2D eigenvalue weighted by Gasteiger charge is -2.15. The fourth-order valence-corrected chi connectivity index (χ4v) is 3.02. The fraction of sp³-hybridized carbons (Fsp3) is 0.562. The van der Waals surface area contributed by atoms with Crippen molar-refractivity contribution in [1.29, 1.82) is 0 Å². The molecule has 2 N–H and O–H groups in total. The Morgan fingerprint density at radius 3 is 3.00 bits per heavy atom. The molecule has 4 nitrogen and oxygen atoms in total. The topological polar surface area (TPSA) is 45.7 Å². The summed E-state index contributed by atoms with van der Waals surface area (Å²) >= 11 is 1.77. The first kappa shape index (κ1) is 16.0. The Kier molecular flexibility index (Phi) is 6.76. The van der Waals surface area contributed by atoms with Crippen molar-refractivity contribution in [2.45, 2.75) is 33.2 Å². The number of rotatable bonds is 6. The van der Waals surface area contributed by atoms with E-state index in [2.05, 4.69) is 47.0 Å². The van der Waals surface area contributed by atoms with E-state index in [0.717, 1.165) is 51.6 Å². The number of hydrogen-bond donors (Lipinski definition) is 2. The minimum atomic E-state index is 0.745. The minimum Gasteiger partial charge on any atom is -0.377 e. The van der Waals surface area contributed by atoms with E-state index in [1.807, 2.05) is 0 Å². The Hall–Kier alpha value is -1.33. The predicted octanol–water partition coefficient (Wildman–Crippen LogP) is 2.85. The number of aryl methyl sites for hydroxylation is 1. The maximum absolute atomic E-state index is 5.33.